The van der Waals surface area contributed by atoms with Crippen LogP contribution in [0.25, 0.3) is 0 Å². The number of amides is 1. The van der Waals surface area contributed by atoms with Gasteiger partial charge in [0.15, 0.2) is 5.76 Å². The lowest BCUT2D eigenvalue weighted by molar-refractivity contribution is -0.402. The SMILES string of the molecule is Cl.O=C(c1ccc([N+](=O)[O-])o1)N1CCC2CCC(C1)N2. The first kappa shape index (κ1) is 14.8. The van der Waals surface area contributed by atoms with Crippen LogP contribution in [0.3, 0.4) is 0 Å². The maximum Gasteiger partial charge on any atom is 0.433 e. The van der Waals surface area contributed by atoms with Gasteiger partial charge in [0.2, 0.25) is 0 Å². The van der Waals surface area contributed by atoms with Gasteiger partial charge in [-0.25, -0.2) is 0 Å². The molecule has 2 saturated heterocycles. The monoisotopic (exact) mass is 301 g/mol. The lowest BCUT2D eigenvalue weighted by atomic mass is 10.1. The molecule has 2 fully saturated rings. The molecular weight excluding hydrogens is 286 g/mol. The van der Waals surface area contributed by atoms with E-state index in [0.29, 0.717) is 25.2 Å². The summed E-state index contributed by atoms with van der Waals surface area (Å²) in [4.78, 5) is 23.9. The van der Waals surface area contributed by atoms with Gasteiger partial charge in [-0.3, -0.25) is 14.9 Å². The van der Waals surface area contributed by atoms with E-state index in [1.807, 2.05) is 0 Å². The van der Waals surface area contributed by atoms with Crippen LogP contribution in [0, 0.1) is 10.1 Å². The Kier molecular flexibility index (Phi) is 4.29. The number of likely N-dealkylation sites (tertiary alicyclic amines) is 1. The van der Waals surface area contributed by atoms with E-state index in [0.717, 1.165) is 12.8 Å². The van der Waals surface area contributed by atoms with Crippen LogP contribution in [0.1, 0.15) is 29.8 Å². The fourth-order valence-electron chi connectivity index (χ4n) is 2.82. The summed E-state index contributed by atoms with van der Waals surface area (Å²) in [5, 5.41) is 14.0. The van der Waals surface area contributed by atoms with Gasteiger partial charge < -0.3 is 14.6 Å². The first-order chi connectivity index (χ1) is 9.13. The van der Waals surface area contributed by atoms with E-state index < -0.39 is 10.8 Å². The number of nitrogens with one attached hydrogen (secondary N) is 1. The average molecular weight is 302 g/mol. The highest BCUT2D eigenvalue weighted by Crippen LogP contribution is 2.23. The van der Waals surface area contributed by atoms with Crippen molar-refractivity contribution in [3.05, 3.63) is 28.0 Å². The zero-order valence-electron chi connectivity index (χ0n) is 10.8. The molecule has 110 valence electrons. The van der Waals surface area contributed by atoms with E-state index in [1.165, 1.54) is 18.6 Å². The number of furan rings is 1. The maximum atomic E-state index is 12.2. The molecule has 1 aromatic rings. The first-order valence-corrected chi connectivity index (χ1v) is 6.43. The fourth-order valence-corrected chi connectivity index (χ4v) is 2.82. The zero-order chi connectivity index (χ0) is 13.4. The second-order valence-electron chi connectivity index (χ2n) is 5.07. The van der Waals surface area contributed by atoms with Crippen molar-refractivity contribution in [1.82, 2.24) is 10.2 Å². The van der Waals surface area contributed by atoms with Crippen molar-refractivity contribution in [2.75, 3.05) is 13.1 Å². The molecule has 3 rings (SSSR count). The van der Waals surface area contributed by atoms with Gasteiger partial charge in [-0.05, 0) is 25.3 Å². The van der Waals surface area contributed by atoms with Crippen LogP contribution in [-0.4, -0.2) is 40.9 Å². The summed E-state index contributed by atoms with van der Waals surface area (Å²) in [5.74, 6) is -0.607. The summed E-state index contributed by atoms with van der Waals surface area (Å²) in [6.45, 7) is 1.31. The van der Waals surface area contributed by atoms with Gasteiger partial charge in [0.25, 0.3) is 5.91 Å². The average Bonchev–Trinajstić information content (AvgIpc) is 2.95. The number of carbonyl (C=O) groups is 1. The summed E-state index contributed by atoms with van der Waals surface area (Å²) in [6, 6.07) is 3.42. The van der Waals surface area contributed by atoms with Gasteiger partial charge in [0.1, 0.15) is 4.92 Å². The van der Waals surface area contributed by atoms with Crippen LogP contribution in [0.4, 0.5) is 5.88 Å². The molecule has 7 nitrogen and oxygen atoms in total. The van der Waals surface area contributed by atoms with Gasteiger partial charge >= 0.3 is 5.88 Å². The van der Waals surface area contributed by atoms with Gasteiger partial charge in [0.05, 0.1) is 6.07 Å². The summed E-state index contributed by atoms with van der Waals surface area (Å²) >= 11 is 0. The number of halogens is 1. The summed E-state index contributed by atoms with van der Waals surface area (Å²) in [7, 11) is 0. The van der Waals surface area contributed by atoms with Gasteiger partial charge in [-0.1, -0.05) is 0 Å². The molecule has 2 unspecified atom stereocenters. The van der Waals surface area contributed by atoms with Crippen molar-refractivity contribution < 1.29 is 14.1 Å². The highest BCUT2D eigenvalue weighted by atomic mass is 35.5. The Labute approximate surface area is 121 Å². The molecular formula is C12H16ClN3O4. The molecule has 8 heteroatoms. The zero-order valence-corrected chi connectivity index (χ0v) is 11.6. The molecule has 20 heavy (non-hydrogen) atoms. The molecule has 2 aliphatic rings. The third kappa shape index (κ3) is 2.78. The standard InChI is InChI=1S/C12H15N3O4.ClH/c16-12(10-3-4-11(19-10)15(17)18)14-6-5-8-1-2-9(7-14)13-8;/h3-4,8-9,13H,1-2,5-7H2;1H. The number of nitro groups is 1. The molecule has 3 heterocycles. The molecule has 1 aromatic heterocycles. The van der Waals surface area contributed by atoms with Crippen molar-refractivity contribution in [3.8, 4) is 0 Å². The molecule has 2 bridgehead atoms. The van der Waals surface area contributed by atoms with Crippen LogP contribution in [-0.2, 0) is 0 Å². The molecule has 0 saturated carbocycles. The van der Waals surface area contributed by atoms with E-state index in [2.05, 4.69) is 5.32 Å². The summed E-state index contributed by atoms with van der Waals surface area (Å²) < 4.78 is 4.97. The topological polar surface area (TPSA) is 88.6 Å². The largest absolute Gasteiger partial charge is 0.433 e. The van der Waals surface area contributed by atoms with Crippen molar-refractivity contribution in [2.24, 2.45) is 0 Å². The second-order valence-corrected chi connectivity index (χ2v) is 5.07. The minimum atomic E-state index is -0.636. The minimum absolute atomic E-state index is 0. The molecule has 2 atom stereocenters. The second kappa shape index (κ2) is 5.80. The fraction of sp³-hybridized carbons (Fsp3) is 0.583. The molecule has 0 aromatic carbocycles. The minimum Gasteiger partial charge on any atom is -0.395 e. The Morgan fingerprint density at radius 3 is 2.80 bits per heavy atom. The lowest BCUT2D eigenvalue weighted by Crippen LogP contribution is -2.38. The van der Waals surface area contributed by atoms with E-state index in [1.54, 1.807) is 4.90 Å². The highest BCUT2D eigenvalue weighted by molar-refractivity contribution is 5.91. The molecule has 1 N–H and O–H groups in total. The third-order valence-electron chi connectivity index (χ3n) is 3.79. The van der Waals surface area contributed by atoms with Crippen molar-refractivity contribution in [3.63, 3.8) is 0 Å². The Hall–Kier alpha value is -1.60. The van der Waals surface area contributed by atoms with Crippen LogP contribution in [0.2, 0.25) is 0 Å². The number of hydrogen-bond donors (Lipinski definition) is 1. The molecule has 1 amide bonds. The number of rotatable bonds is 2. The van der Waals surface area contributed by atoms with Crippen molar-refractivity contribution in [1.29, 1.82) is 0 Å². The number of fused-ring (bicyclic) bond motifs is 2. The predicted molar refractivity (Wildman–Crippen MR) is 73.1 cm³/mol. The van der Waals surface area contributed by atoms with Gasteiger partial charge in [0, 0.05) is 25.2 Å². The first-order valence-electron chi connectivity index (χ1n) is 6.43. The summed E-state index contributed by atoms with van der Waals surface area (Å²) in [5.41, 5.74) is 0. The molecule has 0 radical (unpaired) electrons. The third-order valence-corrected chi connectivity index (χ3v) is 3.79. The quantitative estimate of drug-likeness (QED) is 0.661. The van der Waals surface area contributed by atoms with E-state index >= 15 is 0 Å². The van der Waals surface area contributed by atoms with Crippen molar-refractivity contribution >= 4 is 24.2 Å². The van der Waals surface area contributed by atoms with E-state index in [-0.39, 0.29) is 24.1 Å². The predicted octanol–water partition coefficient (Wildman–Crippen LogP) is 1.58. The van der Waals surface area contributed by atoms with Crippen LogP contribution < -0.4 is 5.32 Å². The lowest BCUT2D eigenvalue weighted by Gasteiger charge is -2.23. The molecule has 2 aliphatic heterocycles. The van der Waals surface area contributed by atoms with Crippen LogP contribution in [0.5, 0.6) is 0 Å². The molecule has 0 aliphatic carbocycles. The van der Waals surface area contributed by atoms with Crippen molar-refractivity contribution in [2.45, 2.75) is 31.3 Å². The Morgan fingerprint density at radius 1 is 1.35 bits per heavy atom. The smallest absolute Gasteiger partial charge is 0.395 e. The molecule has 0 spiro atoms. The number of carbonyl (C=O) groups excluding carboxylic acids is 1. The van der Waals surface area contributed by atoms with E-state index in [4.69, 9.17) is 4.42 Å². The van der Waals surface area contributed by atoms with Crippen LogP contribution in [0.15, 0.2) is 16.5 Å². The van der Waals surface area contributed by atoms with Gasteiger partial charge in [-0.2, -0.15) is 0 Å². The normalized spacial score (nSPS) is 24.9. The Morgan fingerprint density at radius 2 is 2.10 bits per heavy atom. The van der Waals surface area contributed by atoms with E-state index in [9.17, 15) is 14.9 Å². The van der Waals surface area contributed by atoms with Crippen LogP contribution >= 0.6 is 12.4 Å². The Balaban J connectivity index is 0.00000147. The summed E-state index contributed by atoms with van der Waals surface area (Å²) in [6.07, 6.45) is 3.16. The van der Waals surface area contributed by atoms with Gasteiger partial charge in [-0.15, -0.1) is 12.4 Å². The number of nitrogens with zero attached hydrogens (tertiary/aromatic N) is 2. The maximum absolute atomic E-state index is 12.2. The Bertz CT molecular complexity index is 519. The number of hydrogen-bond acceptors (Lipinski definition) is 5. The highest BCUT2D eigenvalue weighted by Gasteiger charge is 2.32.